The SMILES string of the molecule is CC(C)(C)OC(=O)NC(C(=O)O)c1ccccc1.CCP1CC[NH+](CC(=O)c2cccs2)CC1. The summed E-state index contributed by atoms with van der Waals surface area (Å²) in [6, 6.07) is 11.3. The zero-order chi connectivity index (χ0) is 25.1. The van der Waals surface area contributed by atoms with Crippen molar-refractivity contribution < 1.29 is 29.1 Å². The summed E-state index contributed by atoms with van der Waals surface area (Å²) in [5.74, 6) is -0.806. The number of quaternary nitrogens is 1. The maximum atomic E-state index is 11.9. The van der Waals surface area contributed by atoms with Crippen molar-refractivity contribution in [2.24, 2.45) is 0 Å². The monoisotopic (exact) mass is 507 g/mol. The Hall–Kier alpha value is -2.28. The average Bonchev–Trinajstić information content (AvgIpc) is 3.33. The van der Waals surface area contributed by atoms with Crippen molar-refractivity contribution in [2.75, 3.05) is 38.1 Å². The molecule has 1 amide bonds. The average molecular weight is 508 g/mol. The lowest BCUT2D eigenvalue weighted by Crippen LogP contribution is -3.14. The van der Waals surface area contributed by atoms with Crippen molar-refractivity contribution in [1.82, 2.24) is 5.32 Å². The van der Waals surface area contributed by atoms with E-state index in [4.69, 9.17) is 9.84 Å². The van der Waals surface area contributed by atoms with Crippen LogP contribution in [-0.4, -0.2) is 66.7 Å². The van der Waals surface area contributed by atoms with E-state index in [1.54, 1.807) is 62.4 Å². The van der Waals surface area contributed by atoms with Gasteiger partial charge in [-0.15, -0.1) is 11.3 Å². The molecule has 9 heteroatoms. The Labute approximate surface area is 207 Å². The molecule has 0 aliphatic carbocycles. The van der Waals surface area contributed by atoms with Crippen LogP contribution in [0.5, 0.6) is 0 Å². The Morgan fingerprint density at radius 3 is 2.26 bits per heavy atom. The molecule has 1 unspecified atom stereocenters. The lowest BCUT2D eigenvalue weighted by molar-refractivity contribution is -0.887. The minimum atomic E-state index is -1.13. The van der Waals surface area contributed by atoms with Gasteiger partial charge in [0, 0.05) is 12.3 Å². The molecule has 34 heavy (non-hydrogen) atoms. The fourth-order valence-electron chi connectivity index (χ4n) is 3.47. The molecule has 1 atom stereocenters. The van der Waals surface area contributed by atoms with Crippen LogP contribution in [0.25, 0.3) is 0 Å². The number of carbonyl (C=O) groups is 3. The normalized spacial score (nSPS) is 18.7. The number of rotatable bonds is 7. The number of thiophene rings is 1. The van der Waals surface area contributed by atoms with Gasteiger partial charge in [0.05, 0.1) is 18.0 Å². The number of carbonyl (C=O) groups excluding carboxylic acids is 2. The molecule has 1 fully saturated rings. The van der Waals surface area contributed by atoms with Gasteiger partial charge in [0.25, 0.3) is 0 Å². The number of amides is 1. The number of ketones is 1. The number of benzene rings is 1. The molecule has 2 aromatic rings. The Morgan fingerprint density at radius 2 is 1.76 bits per heavy atom. The van der Waals surface area contributed by atoms with Crippen LogP contribution in [-0.2, 0) is 9.53 Å². The number of hydrogen-bond acceptors (Lipinski definition) is 5. The van der Waals surface area contributed by atoms with Gasteiger partial charge in [-0.2, -0.15) is 0 Å². The van der Waals surface area contributed by atoms with E-state index in [0.29, 0.717) is 25.8 Å². The minimum absolute atomic E-state index is 0.304. The third-order valence-electron chi connectivity index (χ3n) is 5.26. The number of ether oxygens (including phenoxy) is 1. The predicted molar refractivity (Wildman–Crippen MR) is 138 cm³/mol. The first-order valence-corrected chi connectivity index (χ1v) is 14.3. The molecule has 186 valence electrons. The molecule has 0 radical (unpaired) electrons. The molecule has 1 aromatic heterocycles. The van der Waals surface area contributed by atoms with Crippen LogP contribution in [0.4, 0.5) is 4.79 Å². The topological polar surface area (TPSA) is 97.1 Å². The lowest BCUT2D eigenvalue weighted by Gasteiger charge is -2.28. The highest BCUT2D eigenvalue weighted by molar-refractivity contribution is 7.57. The summed E-state index contributed by atoms with van der Waals surface area (Å²) in [6.07, 6.45) is 3.33. The number of hydrogen-bond donors (Lipinski definition) is 3. The Bertz CT molecular complexity index is 907. The first kappa shape index (κ1) is 28.0. The second-order valence-corrected chi connectivity index (χ2v) is 12.9. The van der Waals surface area contributed by atoms with Crippen molar-refractivity contribution in [3.8, 4) is 0 Å². The number of nitrogens with one attached hydrogen (secondary N) is 2. The van der Waals surface area contributed by atoms with Gasteiger partial charge in [-0.05, 0) is 43.9 Å². The van der Waals surface area contributed by atoms with Gasteiger partial charge in [-0.3, -0.25) is 4.79 Å². The Morgan fingerprint density at radius 1 is 1.12 bits per heavy atom. The number of alkyl carbamates (subject to hydrolysis) is 1. The van der Waals surface area contributed by atoms with Crippen molar-refractivity contribution in [1.29, 1.82) is 0 Å². The van der Waals surface area contributed by atoms with Gasteiger partial charge in [0.1, 0.15) is 12.1 Å². The van der Waals surface area contributed by atoms with Gasteiger partial charge >= 0.3 is 12.1 Å². The highest BCUT2D eigenvalue weighted by Gasteiger charge is 2.25. The minimum Gasteiger partial charge on any atom is -0.479 e. The van der Waals surface area contributed by atoms with Gasteiger partial charge in [-0.25, -0.2) is 9.59 Å². The summed E-state index contributed by atoms with van der Waals surface area (Å²) >= 11 is 1.57. The first-order valence-electron chi connectivity index (χ1n) is 11.5. The molecule has 0 bridgehead atoms. The molecule has 0 spiro atoms. The van der Waals surface area contributed by atoms with Crippen LogP contribution in [0.2, 0.25) is 0 Å². The summed E-state index contributed by atoms with van der Waals surface area (Å²) in [6.45, 7) is 10.6. The number of carboxylic acids is 1. The summed E-state index contributed by atoms with van der Waals surface area (Å²) in [4.78, 5) is 37.0. The van der Waals surface area contributed by atoms with Gasteiger partial charge in [0.2, 0.25) is 5.78 Å². The number of aliphatic carboxylic acids is 1. The van der Waals surface area contributed by atoms with Crippen molar-refractivity contribution in [3.63, 3.8) is 0 Å². The maximum Gasteiger partial charge on any atom is 0.408 e. The van der Waals surface area contributed by atoms with Crippen LogP contribution in [0.15, 0.2) is 47.8 Å². The second kappa shape index (κ2) is 13.6. The van der Waals surface area contributed by atoms with Crippen molar-refractivity contribution >= 4 is 37.1 Å². The smallest absolute Gasteiger partial charge is 0.408 e. The molecular weight excluding hydrogens is 471 g/mol. The quantitative estimate of drug-likeness (QED) is 0.393. The van der Waals surface area contributed by atoms with E-state index in [1.807, 2.05) is 17.5 Å². The Balaban J connectivity index is 0.000000241. The fourth-order valence-corrected chi connectivity index (χ4v) is 6.26. The zero-order valence-corrected chi connectivity index (χ0v) is 22.1. The molecule has 0 saturated carbocycles. The third kappa shape index (κ3) is 9.92. The van der Waals surface area contributed by atoms with E-state index in [1.165, 1.54) is 36.5 Å². The molecule has 1 aliphatic heterocycles. The molecule has 3 rings (SSSR count). The van der Waals surface area contributed by atoms with E-state index < -0.39 is 23.7 Å². The van der Waals surface area contributed by atoms with E-state index >= 15 is 0 Å². The standard InChI is InChI=1S/C13H17NO4.C12H18NOPS/c1-13(2,3)18-12(17)14-10(11(15)16)9-7-5-4-6-8-9;1-2-15-7-5-13(6-8-15)10-11(14)12-4-3-9-16-12/h4-8,10H,1-3H3,(H,14,17)(H,15,16);3-4,9H,2,5-8,10H2,1H3/p+1. The van der Waals surface area contributed by atoms with Crippen molar-refractivity contribution in [3.05, 3.63) is 58.3 Å². The largest absolute Gasteiger partial charge is 0.479 e. The van der Waals surface area contributed by atoms with Crippen LogP contribution in [0.3, 0.4) is 0 Å². The molecule has 2 heterocycles. The maximum absolute atomic E-state index is 11.9. The highest BCUT2D eigenvalue weighted by Crippen LogP contribution is 2.33. The van der Waals surface area contributed by atoms with E-state index in [2.05, 4.69) is 12.2 Å². The zero-order valence-electron chi connectivity index (χ0n) is 20.4. The van der Waals surface area contributed by atoms with Gasteiger partial charge < -0.3 is 20.1 Å². The predicted octanol–water partition coefficient (Wildman–Crippen LogP) is 3.67. The van der Waals surface area contributed by atoms with E-state index in [-0.39, 0.29) is 0 Å². The molecule has 1 saturated heterocycles. The van der Waals surface area contributed by atoms with Crippen LogP contribution >= 0.6 is 19.3 Å². The van der Waals surface area contributed by atoms with Crippen molar-refractivity contribution in [2.45, 2.75) is 39.3 Å². The van der Waals surface area contributed by atoms with Crippen LogP contribution in [0, 0.1) is 0 Å². The lowest BCUT2D eigenvalue weighted by atomic mass is 10.1. The summed E-state index contributed by atoms with van der Waals surface area (Å²) in [5.41, 5.74) is -0.167. The number of Topliss-reactive ketones (excluding diaryl/α,β-unsaturated/α-hetero) is 1. The van der Waals surface area contributed by atoms with Gasteiger partial charge in [0.15, 0.2) is 6.04 Å². The molecule has 1 aliphatic rings. The fraction of sp³-hybridized carbons (Fsp3) is 0.480. The van der Waals surface area contributed by atoms with Gasteiger partial charge in [-0.1, -0.05) is 51.2 Å². The van der Waals surface area contributed by atoms with Crippen LogP contribution in [0.1, 0.15) is 49.0 Å². The molecule has 3 N–H and O–H groups in total. The first-order chi connectivity index (χ1) is 16.1. The second-order valence-electron chi connectivity index (χ2n) is 9.09. The summed E-state index contributed by atoms with van der Waals surface area (Å²) in [5, 5.41) is 13.4. The summed E-state index contributed by atoms with van der Waals surface area (Å²) in [7, 11) is 0.304. The highest BCUT2D eigenvalue weighted by atomic mass is 32.1. The Kier molecular flexibility index (Phi) is 11.2. The molecule has 1 aromatic carbocycles. The molecular formula is C25H36N2O5PS+. The summed E-state index contributed by atoms with van der Waals surface area (Å²) < 4.78 is 5.03. The molecule has 7 nitrogen and oxygen atoms in total. The van der Waals surface area contributed by atoms with E-state index in [9.17, 15) is 14.4 Å². The van der Waals surface area contributed by atoms with Crippen LogP contribution < -0.4 is 10.2 Å². The number of carboxylic acid groups (broad SMARTS) is 1. The van der Waals surface area contributed by atoms with E-state index in [0.717, 1.165) is 4.88 Å². The third-order valence-corrected chi connectivity index (χ3v) is 8.78.